The Bertz CT molecular complexity index is 635. The average Bonchev–Trinajstić information content (AvgIpc) is 2.76. The number of hydrogen-bond acceptors (Lipinski definition) is 3. The third kappa shape index (κ3) is 2.39. The predicted molar refractivity (Wildman–Crippen MR) is 55.3 cm³/mol. The number of halogens is 4. The van der Waals surface area contributed by atoms with Gasteiger partial charge in [0.15, 0.2) is 5.69 Å². The molecular weight excluding hydrogens is 268 g/mol. The van der Waals surface area contributed by atoms with Crippen molar-refractivity contribution in [2.24, 2.45) is 5.73 Å². The Morgan fingerprint density at radius 3 is 2.53 bits per heavy atom. The van der Waals surface area contributed by atoms with Gasteiger partial charge in [-0.2, -0.15) is 28.6 Å². The molecule has 1 aromatic carbocycles. The fraction of sp³-hybridized carbons (Fsp3) is 0.100. The predicted octanol–water partition coefficient (Wildman–Crippen LogP) is 1.73. The lowest BCUT2D eigenvalue weighted by molar-refractivity contribution is -0.137. The quantitative estimate of drug-likeness (QED) is 0.818. The van der Waals surface area contributed by atoms with Crippen LogP contribution in [0.3, 0.4) is 0 Å². The highest BCUT2D eigenvalue weighted by molar-refractivity contribution is 5.96. The first kappa shape index (κ1) is 13.0. The summed E-state index contributed by atoms with van der Waals surface area (Å²) in [7, 11) is 0. The zero-order chi connectivity index (χ0) is 14.2. The second-order valence-electron chi connectivity index (χ2n) is 3.58. The van der Waals surface area contributed by atoms with Crippen LogP contribution >= 0.6 is 0 Å². The van der Waals surface area contributed by atoms with Gasteiger partial charge in [-0.1, -0.05) is 0 Å². The molecule has 0 unspecified atom stereocenters. The molecule has 1 amide bonds. The number of alkyl halides is 3. The first-order chi connectivity index (χ1) is 8.80. The second kappa shape index (κ2) is 4.34. The third-order valence-corrected chi connectivity index (χ3v) is 2.33. The molecule has 1 aromatic heterocycles. The van der Waals surface area contributed by atoms with Gasteiger partial charge in [-0.25, -0.2) is 4.39 Å². The van der Waals surface area contributed by atoms with E-state index in [0.717, 1.165) is 0 Å². The minimum absolute atomic E-state index is 0.365. The summed E-state index contributed by atoms with van der Waals surface area (Å²) in [5, 5.41) is 8.83. The first-order valence-corrected chi connectivity index (χ1v) is 4.88. The monoisotopic (exact) mass is 274 g/mol. The number of amides is 1. The molecule has 0 radical (unpaired) electrons. The van der Waals surface area contributed by atoms with Crippen LogP contribution in [0.1, 0.15) is 16.1 Å². The Balaban J connectivity index is 2.62. The second-order valence-corrected chi connectivity index (χ2v) is 3.58. The van der Waals surface area contributed by atoms with E-state index in [4.69, 9.17) is 5.73 Å². The summed E-state index contributed by atoms with van der Waals surface area (Å²) in [5.74, 6) is -2.00. The van der Waals surface area contributed by atoms with E-state index in [1.165, 1.54) is 0 Å². The molecule has 0 aliphatic carbocycles. The number of benzene rings is 1. The Hall–Kier alpha value is -2.45. The van der Waals surface area contributed by atoms with Crippen LogP contribution in [0.4, 0.5) is 17.6 Å². The standard InChI is InChI=1S/C10H6F4N4O/c11-6-2-1-4(10(12,13)14)3-5(6)7-8(9(15)19)17-18-16-7/h1-3H,(H2,15,19)(H,16,17,18). The molecule has 0 atom stereocenters. The van der Waals surface area contributed by atoms with Gasteiger partial charge in [-0.05, 0) is 18.2 Å². The van der Waals surface area contributed by atoms with Gasteiger partial charge in [-0.3, -0.25) is 4.79 Å². The molecule has 0 saturated heterocycles. The van der Waals surface area contributed by atoms with Crippen LogP contribution in [0.25, 0.3) is 11.3 Å². The Labute approximate surface area is 103 Å². The number of nitrogens with one attached hydrogen (secondary N) is 1. The number of nitrogens with zero attached hydrogens (tertiary/aromatic N) is 2. The molecule has 0 bridgehead atoms. The molecule has 100 valence electrons. The van der Waals surface area contributed by atoms with Crippen molar-refractivity contribution in [1.82, 2.24) is 15.4 Å². The van der Waals surface area contributed by atoms with Gasteiger partial charge in [0.05, 0.1) is 5.56 Å². The largest absolute Gasteiger partial charge is 0.416 e. The molecule has 9 heteroatoms. The van der Waals surface area contributed by atoms with Gasteiger partial charge >= 0.3 is 6.18 Å². The van der Waals surface area contributed by atoms with Gasteiger partial charge in [0.2, 0.25) is 0 Å². The minimum Gasteiger partial charge on any atom is -0.364 e. The van der Waals surface area contributed by atoms with Gasteiger partial charge < -0.3 is 5.73 Å². The lowest BCUT2D eigenvalue weighted by Crippen LogP contribution is -2.13. The lowest BCUT2D eigenvalue weighted by atomic mass is 10.1. The van der Waals surface area contributed by atoms with Crippen LogP contribution in [0.5, 0.6) is 0 Å². The van der Waals surface area contributed by atoms with Crippen molar-refractivity contribution >= 4 is 5.91 Å². The van der Waals surface area contributed by atoms with Crippen molar-refractivity contribution in [1.29, 1.82) is 0 Å². The van der Waals surface area contributed by atoms with Crippen molar-refractivity contribution in [2.75, 3.05) is 0 Å². The van der Waals surface area contributed by atoms with Crippen molar-refractivity contribution in [3.05, 3.63) is 35.3 Å². The maximum Gasteiger partial charge on any atom is 0.416 e. The van der Waals surface area contributed by atoms with Crippen molar-refractivity contribution in [3.8, 4) is 11.3 Å². The number of carbonyl (C=O) groups is 1. The molecule has 2 rings (SSSR count). The summed E-state index contributed by atoms with van der Waals surface area (Å²) in [6.07, 6.45) is -4.64. The summed E-state index contributed by atoms with van der Waals surface area (Å²) in [6, 6.07) is 1.76. The molecule has 0 aliphatic heterocycles. The van der Waals surface area contributed by atoms with E-state index < -0.39 is 34.7 Å². The fourth-order valence-corrected chi connectivity index (χ4v) is 1.47. The van der Waals surface area contributed by atoms with Crippen molar-refractivity contribution in [3.63, 3.8) is 0 Å². The molecule has 1 heterocycles. The Morgan fingerprint density at radius 2 is 1.95 bits per heavy atom. The smallest absolute Gasteiger partial charge is 0.364 e. The van der Waals surface area contributed by atoms with E-state index in [-0.39, 0.29) is 5.69 Å². The molecule has 0 fully saturated rings. The molecule has 0 spiro atoms. The number of aromatic nitrogens is 3. The van der Waals surface area contributed by atoms with Gasteiger partial charge in [0.1, 0.15) is 11.5 Å². The van der Waals surface area contributed by atoms with E-state index in [2.05, 4.69) is 10.2 Å². The summed E-state index contributed by atoms with van der Waals surface area (Å²) in [5.41, 5.74) is 2.60. The summed E-state index contributed by atoms with van der Waals surface area (Å²) >= 11 is 0. The summed E-state index contributed by atoms with van der Waals surface area (Å²) in [4.78, 5) is 11.0. The zero-order valence-electron chi connectivity index (χ0n) is 9.12. The van der Waals surface area contributed by atoms with Crippen molar-refractivity contribution in [2.45, 2.75) is 6.18 Å². The fourth-order valence-electron chi connectivity index (χ4n) is 1.47. The highest BCUT2D eigenvalue weighted by atomic mass is 19.4. The molecule has 0 saturated carbocycles. The maximum atomic E-state index is 13.6. The zero-order valence-corrected chi connectivity index (χ0v) is 9.12. The van der Waals surface area contributed by atoms with Crippen LogP contribution in [-0.4, -0.2) is 21.3 Å². The van der Waals surface area contributed by atoms with E-state index in [1.54, 1.807) is 0 Å². The number of rotatable bonds is 2. The average molecular weight is 274 g/mol. The van der Waals surface area contributed by atoms with Gasteiger partial charge in [0, 0.05) is 5.56 Å². The molecule has 3 N–H and O–H groups in total. The Morgan fingerprint density at radius 1 is 1.26 bits per heavy atom. The number of carbonyl (C=O) groups excluding carboxylic acids is 1. The normalized spacial score (nSPS) is 11.6. The van der Waals surface area contributed by atoms with Crippen LogP contribution in [-0.2, 0) is 6.18 Å². The number of H-pyrrole nitrogens is 1. The lowest BCUT2D eigenvalue weighted by Gasteiger charge is -2.08. The number of primary amides is 1. The van der Waals surface area contributed by atoms with Crippen LogP contribution in [0.2, 0.25) is 0 Å². The van der Waals surface area contributed by atoms with Crippen molar-refractivity contribution < 1.29 is 22.4 Å². The first-order valence-electron chi connectivity index (χ1n) is 4.88. The highest BCUT2D eigenvalue weighted by Crippen LogP contribution is 2.33. The molecule has 2 aromatic rings. The number of nitrogens with two attached hydrogens (primary N) is 1. The molecule has 0 aliphatic rings. The number of aromatic amines is 1. The number of hydrogen-bond donors (Lipinski definition) is 2. The maximum absolute atomic E-state index is 13.6. The topological polar surface area (TPSA) is 84.7 Å². The molecular formula is C10H6F4N4O. The van der Waals surface area contributed by atoms with Crippen LogP contribution in [0, 0.1) is 5.82 Å². The van der Waals surface area contributed by atoms with E-state index in [1.807, 2.05) is 5.21 Å². The van der Waals surface area contributed by atoms with Gasteiger partial charge in [0.25, 0.3) is 5.91 Å². The third-order valence-electron chi connectivity index (χ3n) is 2.33. The minimum atomic E-state index is -4.64. The Kier molecular flexibility index (Phi) is 2.97. The van der Waals surface area contributed by atoms with Crippen LogP contribution < -0.4 is 5.73 Å². The van der Waals surface area contributed by atoms with E-state index in [9.17, 15) is 22.4 Å². The van der Waals surface area contributed by atoms with Gasteiger partial charge in [-0.15, -0.1) is 0 Å². The molecule has 5 nitrogen and oxygen atoms in total. The summed E-state index contributed by atoms with van der Waals surface area (Å²) in [6.45, 7) is 0. The summed E-state index contributed by atoms with van der Waals surface area (Å²) < 4.78 is 51.2. The SMILES string of the molecule is NC(=O)c1n[nH]nc1-c1cc(C(F)(F)F)ccc1F. The van der Waals surface area contributed by atoms with E-state index in [0.29, 0.717) is 18.2 Å². The van der Waals surface area contributed by atoms with E-state index >= 15 is 0 Å². The molecule has 19 heavy (non-hydrogen) atoms. The van der Waals surface area contributed by atoms with Crippen LogP contribution in [0.15, 0.2) is 18.2 Å². The highest BCUT2D eigenvalue weighted by Gasteiger charge is 2.32.